The Balaban J connectivity index is 1.54. The largest absolute Gasteiger partial charge is 0.466 e. The van der Waals surface area contributed by atoms with Crippen molar-refractivity contribution in [2.75, 3.05) is 13.2 Å². The Morgan fingerprint density at radius 3 is 2.42 bits per heavy atom. The van der Waals surface area contributed by atoms with Gasteiger partial charge in [-0.2, -0.15) is 0 Å². The summed E-state index contributed by atoms with van der Waals surface area (Å²) in [6, 6.07) is 18.3. The van der Waals surface area contributed by atoms with E-state index in [4.69, 9.17) is 9.47 Å². The average Bonchev–Trinajstić information content (AvgIpc) is 3.53. The molecule has 5 rings (SSSR count). The quantitative estimate of drug-likeness (QED) is 0.402. The van der Waals surface area contributed by atoms with Gasteiger partial charge in [0, 0.05) is 19.6 Å². The van der Waals surface area contributed by atoms with Crippen LogP contribution >= 0.6 is 0 Å². The number of ether oxygens (including phenoxy) is 2. The second-order valence-electron chi connectivity index (χ2n) is 9.40. The fourth-order valence-electron chi connectivity index (χ4n) is 5.77. The van der Waals surface area contributed by atoms with E-state index in [-0.39, 0.29) is 25.0 Å². The third-order valence-electron chi connectivity index (χ3n) is 7.24. The van der Waals surface area contributed by atoms with E-state index in [2.05, 4.69) is 6.58 Å². The van der Waals surface area contributed by atoms with Crippen molar-refractivity contribution < 1.29 is 23.9 Å². The third kappa shape index (κ3) is 3.93. The number of carbonyl (C=O) groups excluding carboxylic acids is 3. The molecule has 3 aliphatic rings. The molecular formula is C29H30N2O5. The fourth-order valence-corrected chi connectivity index (χ4v) is 5.77. The number of rotatable bonds is 9. The van der Waals surface area contributed by atoms with Crippen molar-refractivity contribution in [2.45, 2.75) is 37.8 Å². The summed E-state index contributed by atoms with van der Waals surface area (Å²) in [6.07, 6.45) is 4.71. The molecule has 36 heavy (non-hydrogen) atoms. The number of carbonyl (C=O) groups is 3. The first-order valence-corrected chi connectivity index (χ1v) is 12.3. The highest BCUT2D eigenvalue weighted by atomic mass is 16.6. The maximum atomic E-state index is 14.3. The predicted octanol–water partition coefficient (Wildman–Crippen LogP) is 3.12. The molecule has 0 N–H and O–H groups in total. The summed E-state index contributed by atoms with van der Waals surface area (Å²) in [5, 5.41) is 0. The van der Waals surface area contributed by atoms with Crippen LogP contribution in [-0.4, -0.2) is 58.5 Å². The van der Waals surface area contributed by atoms with Crippen molar-refractivity contribution in [3.05, 3.63) is 96.6 Å². The monoisotopic (exact) mass is 486 g/mol. The summed E-state index contributed by atoms with van der Waals surface area (Å²) < 4.78 is 11.7. The molecule has 0 radical (unpaired) electrons. The second kappa shape index (κ2) is 9.74. The van der Waals surface area contributed by atoms with Gasteiger partial charge in [0.25, 0.3) is 0 Å². The Morgan fingerprint density at radius 1 is 1.11 bits per heavy atom. The van der Waals surface area contributed by atoms with Crippen molar-refractivity contribution in [3.63, 3.8) is 0 Å². The molecule has 2 aromatic carbocycles. The SMILES string of the molecule is C=CCN(Cc1ccccc1)C(=O)[C@@H]1N(Cc2ccccc2)C(=O)[C@H]2[C@H](C(=O)OCC)[C@@H]3C=C[C@]12O3. The molecular weight excluding hydrogens is 456 g/mol. The summed E-state index contributed by atoms with van der Waals surface area (Å²) in [7, 11) is 0. The minimum absolute atomic E-state index is 0.208. The van der Waals surface area contributed by atoms with Crippen LogP contribution in [0.15, 0.2) is 85.5 Å². The van der Waals surface area contributed by atoms with Gasteiger partial charge in [0.15, 0.2) is 0 Å². The maximum absolute atomic E-state index is 14.3. The number of fused-ring (bicyclic) bond motifs is 1. The highest BCUT2D eigenvalue weighted by Gasteiger charge is 2.73. The Kier molecular flexibility index (Phi) is 6.49. The van der Waals surface area contributed by atoms with Gasteiger partial charge in [0.2, 0.25) is 11.8 Å². The molecule has 0 unspecified atom stereocenters. The number of hydrogen-bond acceptors (Lipinski definition) is 5. The van der Waals surface area contributed by atoms with Crippen molar-refractivity contribution in [1.29, 1.82) is 0 Å². The first-order valence-electron chi connectivity index (χ1n) is 12.3. The van der Waals surface area contributed by atoms with Gasteiger partial charge >= 0.3 is 5.97 Å². The smallest absolute Gasteiger partial charge is 0.312 e. The summed E-state index contributed by atoms with van der Waals surface area (Å²) in [6.45, 7) is 6.70. The Bertz CT molecular complexity index is 1180. The van der Waals surface area contributed by atoms with Gasteiger partial charge in [-0.1, -0.05) is 78.9 Å². The normalized spacial score (nSPS) is 27.7. The number of benzene rings is 2. The molecule has 1 spiro atoms. The van der Waals surface area contributed by atoms with Crippen LogP contribution in [0.2, 0.25) is 0 Å². The first-order chi connectivity index (χ1) is 17.5. The summed E-state index contributed by atoms with van der Waals surface area (Å²) in [5.74, 6) is -2.56. The molecule has 2 fully saturated rings. The molecule has 5 atom stereocenters. The van der Waals surface area contributed by atoms with Gasteiger partial charge in [0.05, 0.1) is 18.6 Å². The highest BCUT2D eigenvalue weighted by molar-refractivity contribution is 5.99. The zero-order chi connectivity index (χ0) is 25.3. The van der Waals surface area contributed by atoms with Crippen molar-refractivity contribution in [2.24, 2.45) is 11.8 Å². The number of amides is 2. The van der Waals surface area contributed by atoms with Crippen LogP contribution in [0.5, 0.6) is 0 Å². The lowest BCUT2D eigenvalue weighted by atomic mass is 9.74. The lowest BCUT2D eigenvalue weighted by molar-refractivity contribution is -0.154. The zero-order valence-electron chi connectivity index (χ0n) is 20.3. The number of nitrogens with zero attached hydrogens (tertiary/aromatic N) is 2. The second-order valence-corrected chi connectivity index (χ2v) is 9.40. The topological polar surface area (TPSA) is 76.2 Å². The molecule has 0 aromatic heterocycles. The summed E-state index contributed by atoms with van der Waals surface area (Å²) in [4.78, 5) is 44.4. The fraction of sp³-hybridized carbons (Fsp3) is 0.345. The molecule has 186 valence electrons. The van der Waals surface area contributed by atoms with Gasteiger partial charge in [-0.05, 0) is 18.1 Å². The molecule has 3 aliphatic heterocycles. The van der Waals surface area contributed by atoms with E-state index in [0.717, 1.165) is 11.1 Å². The van der Waals surface area contributed by atoms with Gasteiger partial charge in [-0.15, -0.1) is 6.58 Å². The van der Waals surface area contributed by atoms with E-state index >= 15 is 0 Å². The van der Waals surface area contributed by atoms with E-state index in [1.165, 1.54) is 0 Å². The minimum Gasteiger partial charge on any atom is -0.466 e. The summed E-state index contributed by atoms with van der Waals surface area (Å²) >= 11 is 0. The number of likely N-dealkylation sites (tertiary alicyclic amines) is 1. The number of esters is 1. The molecule has 7 nitrogen and oxygen atoms in total. The molecule has 0 aliphatic carbocycles. The van der Waals surface area contributed by atoms with Gasteiger partial charge < -0.3 is 19.3 Å². The standard InChI is InChI=1S/C29H30N2O5/c1-3-17-30(18-20-11-7-5-8-12-20)27(33)25-29-16-15-22(36-29)23(28(34)35-4-2)24(29)26(32)31(25)19-21-13-9-6-10-14-21/h3,5-16,22-25H,1,4,17-19H2,2H3/t22-,23+,24+,25-,29+/m0/s1. The van der Waals surface area contributed by atoms with Crippen LogP contribution in [0, 0.1) is 11.8 Å². The van der Waals surface area contributed by atoms with Crippen LogP contribution in [0.3, 0.4) is 0 Å². The van der Waals surface area contributed by atoms with Crippen LogP contribution < -0.4 is 0 Å². The highest BCUT2D eigenvalue weighted by Crippen LogP contribution is 2.55. The molecule has 0 saturated carbocycles. The first kappa shape index (κ1) is 24.0. The maximum Gasteiger partial charge on any atom is 0.312 e. The predicted molar refractivity (Wildman–Crippen MR) is 133 cm³/mol. The van der Waals surface area contributed by atoms with Gasteiger partial charge in [-0.3, -0.25) is 14.4 Å². The van der Waals surface area contributed by atoms with Gasteiger partial charge in [-0.25, -0.2) is 0 Å². The Hall–Kier alpha value is -3.71. The van der Waals surface area contributed by atoms with E-state index in [9.17, 15) is 14.4 Å². The molecule has 2 saturated heterocycles. The van der Waals surface area contributed by atoms with E-state index < -0.39 is 35.6 Å². The van der Waals surface area contributed by atoms with Crippen molar-refractivity contribution in [1.82, 2.24) is 9.80 Å². The number of hydrogen-bond donors (Lipinski definition) is 0. The van der Waals surface area contributed by atoms with E-state index in [0.29, 0.717) is 13.1 Å². The lowest BCUT2D eigenvalue weighted by Crippen LogP contribution is -2.55. The lowest BCUT2D eigenvalue weighted by Gasteiger charge is -2.36. The van der Waals surface area contributed by atoms with Crippen LogP contribution in [0.1, 0.15) is 18.1 Å². The van der Waals surface area contributed by atoms with E-state index in [1.807, 2.05) is 66.7 Å². The van der Waals surface area contributed by atoms with Crippen molar-refractivity contribution in [3.8, 4) is 0 Å². The zero-order valence-corrected chi connectivity index (χ0v) is 20.3. The van der Waals surface area contributed by atoms with Crippen LogP contribution in [-0.2, 0) is 36.9 Å². The molecule has 2 amide bonds. The minimum atomic E-state index is -1.22. The Labute approximate surface area is 211 Å². The average molecular weight is 487 g/mol. The molecule has 7 heteroatoms. The third-order valence-corrected chi connectivity index (χ3v) is 7.24. The van der Waals surface area contributed by atoms with Crippen LogP contribution in [0.25, 0.3) is 0 Å². The van der Waals surface area contributed by atoms with Crippen molar-refractivity contribution >= 4 is 17.8 Å². The molecule has 3 heterocycles. The molecule has 2 aromatic rings. The van der Waals surface area contributed by atoms with E-state index in [1.54, 1.807) is 28.9 Å². The summed E-state index contributed by atoms with van der Waals surface area (Å²) in [5.41, 5.74) is 0.642. The van der Waals surface area contributed by atoms with Crippen LogP contribution in [0.4, 0.5) is 0 Å². The molecule has 2 bridgehead atoms. The van der Waals surface area contributed by atoms with Gasteiger partial charge in [0.1, 0.15) is 17.6 Å². The Morgan fingerprint density at radius 2 is 1.78 bits per heavy atom.